The number of esters is 2. The fraction of sp³-hybridized carbons (Fsp3) is 0.483. The topological polar surface area (TPSA) is 163 Å². The molecular formula is C29H36N2O11S2. The number of Topliss-reactive ketones (excluding diaryl/α,β-unsaturated/α-hetero) is 1. The first-order valence-corrected chi connectivity index (χ1v) is 16.9. The minimum absolute atomic E-state index is 0.0766. The van der Waals surface area contributed by atoms with Gasteiger partial charge in [0, 0.05) is 26.2 Å². The predicted octanol–water partition coefficient (Wildman–Crippen LogP) is 1.87. The zero-order chi connectivity index (χ0) is 32.2. The Morgan fingerprint density at radius 1 is 0.659 bits per heavy atom. The summed E-state index contributed by atoms with van der Waals surface area (Å²) in [6, 6.07) is 10.6. The molecule has 2 saturated heterocycles. The van der Waals surface area contributed by atoms with Crippen LogP contribution in [0.25, 0.3) is 0 Å². The lowest BCUT2D eigenvalue weighted by molar-refractivity contribution is -0.125. The quantitative estimate of drug-likeness (QED) is 0.344. The van der Waals surface area contributed by atoms with Crippen LogP contribution < -0.4 is 0 Å². The molecule has 2 heterocycles. The van der Waals surface area contributed by atoms with Crippen LogP contribution in [0.4, 0.5) is 0 Å². The maximum atomic E-state index is 13.1. The molecule has 240 valence electrons. The summed E-state index contributed by atoms with van der Waals surface area (Å²) in [7, 11) is -7.82. The zero-order valence-electron chi connectivity index (χ0n) is 24.9. The van der Waals surface area contributed by atoms with E-state index in [0.717, 1.165) is 0 Å². The van der Waals surface area contributed by atoms with Crippen molar-refractivity contribution >= 4 is 37.8 Å². The average Bonchev–Trinajstić information content (AvgIpc) is 2.97. The number of carbonyl (C=O) groups is 3. The Morgan fingerprint density at radius 2 is 1.00 bits per heavy atom. The third-order valence-electron chi connectivity index (χ3n) is 6.92. The van der Waals surface area contributed by atoms with Gasteiger partial charge in [-0.25, -0.2) is 26.4 Å². The van der Waals surface area contributed by atoms with Crippen molar-refractivity contribution in [3.8, 4) is 0 Å². The lowest BCUT2D eigenvalue weighted by Gasteiger charge is -2.34. The first-order valence-electron chi connectivity index (χ1n) is 14.0. The van der Waals surface area contributed by atoms with E-state index in [1.165, 1.54) is 57.1 Å². The second kappa shape index (κ2) is 13.8. The monoisotopic (exact) mass is 652 g/mol. The number of rotatable bonds is 10. The van der Waals surface area contributed by atoms with E-state index >= 15 is 0 Å². The molecule has 0 amide bonds. The largest absolute Gasteiger partial charge is 0.454 e. The molecule has 0 radical (unpaired) electrons. The lowest BCUT2D eigenvalue weighted by Crippen LogP contribution is -2.48. The fourth-order valence-corrected chi connectivity index (χ4v) is 8.29. The van der Waals surface area contributed by atoms with E-state index in [1.54, 1.807) is 27.7 Å². The van der Waals surface area contributed by atoms with Gasteiger partial charge >= 0.3 is 11.9 Å². The third kappa shape index (κ3) is 8.08. The van der Waals surface area contributed by atoms with E-state index < -0.39 is 51.0 Å². The average molecular weight is 653 g/mol. The second-order valence-electron chi connectivity index (χ2n) is 10.9. The van der Waals surface area contributed by atoms with Crippen molar-refractivity contribution in [1.82, 2.24) is 8.61 Å². The Labute approximate surface area is 257 Å². The summed E-state index contributed by atoms with van der Waals surface area (Å²) < 4.78 is 76.4. The van der Waals surface area contributed by atoms with Crippen LogP contribution >= 0.6 is 0 Å². The van der Waals surface area contributed by atoms with Gasteiger partial charge in [0.25, 0.3) is 0 Å². The van der Waals surface area contributed by atoms with Crippen LogP contribution in [0.5, 0.6) is 0 Å². The molecule has 2 aromatic carbocycles. The Balaban J connectivity index is 1.32. The molecule has 44 heavy (non-hydrogen) atoms. The molecule has 4 rings (SSSR count). The minimum atomic E-state index is -3.91. The Hall–Kier alpha value is -3.21. The van der Waals surface area contributed by atoms with Crippen molar-refractivity contribution < 1.29 is 50.2 Å². The lowest BCUT2D eigenvalue weighted by atomic mass is 10.2. The third-order valence-corrected chi connectivity index (χ3v) is 10.6. The summed E-state index contributed by atoms with van der Waals surface area (Å²) in [5.74, 6) is -2.61. The number of ether oxygens (including phenoxy) is 4. The SMILES string of the molecule is C[C@@H]1CN(S(=O)(=O)c2cccc(C(=O)OCC(=O)COC(=O)c3cccc(S(=O)(=O)N4C[C@@H](C)O[C@@H](C)C4)c3)c2)C[C@@H](C)O1. The van der Waals surface area contributed by atoms with Gasteiger partial charge in [0.2, 0.25) is 25.8 Å². The van der Waals surface area contributed by atoms with E-state index in [4.69, 9.17) is 18.9 Å². The highest BCUT2D eigenvalue weighted by atomic mass is 32.2. The molecule has 0 bridgehead atoms. The molecule has 4 atom stereocenters. The van der Waals surface area contributed by atoms with Crippen LogP contribution in [0, 0.1) is 0 Å². The van der Waals surface area contributed by atoms with E-state index in [9.17, 15) is 31.2 Å². The maximum absolute atomic E-state index is 13.1. The molecule has 2 aliphatic heterocycles. The van der Waals surface area contributed by atoms with Gasteiger partial charge in [-0.1, -0.05) is 12.1 Å². The van der Waals surface area contributed by atoms with Crippen LogP contribution in [0.3, 0.4) is 0 Å². The summed E-state index contributed by atoms with van der Waals surface area (Å²) in [6.07, 6.45) is -1.16. The molecule has 2 fully saturated rings. The summed E-state index contributed by atoms with van der Waals surface area (Å²) >= 11 is 0. The van der Waals surface area contributed by atoms with Gasteiger partial charge in [0.05, 0.1) is 45.3 Å². The highest BCUT2D eigenvalue weighted by Gasteiger charge is 2.34. The van der Waals surface area contributed by atoms with Gasteiger partial charge in [-0.05, 0) is 64.1 Å². The van der Waals surface area contributed by atoms with E-state index in [1.807, 2.05) is 0 Å². The molecule has 2 aliphatic rings. The van der Waals surface area contributed by atoms with Gasteiger partial charge < -0.3 is 18.9 Å². The van der Waals surface area contributed by atoms with Crippen LogP contribution in [0.2, 0.25) is 0 Å². The number of ketones is 1. The van der Waals surface area contributed by atoms with Crippen LogP contribution in [0.1, 0.15) is 48.4 Å². The molecular weight excluding hydrogens is 616 g/mol. The van der Waals surface area contributed by atoms with Gasteiger partial charge in [0.1, 0.15) is 0 Å². The van der Waals surface area contributed by atoms with E-state index in [-0.39, 0.29) is 71.5 Å². The summed E-state index contributed by atoms with van der Waals surface area (Å²) in [4.78, 5) is 37.3. The van der Waals surface area contributed by atoms with Crippen molar-refractivity contribution in [1.29, 1.82) is 0 Å². The van der Waals surface area contributed by atoms with Crippen molar-refractivity contribution in [3.05, 3.63) is 59.7 Å². The summed E-state index contributed by atoms with van der Waals surface area (Å²) in [5, 5.41) is 0. The molecule has 13 nitrogen and oxygen atoms in total. The first-order chi connectivity index (χ1) is 20.7. The molecule has 2 aromatic rings. The standard InChI is InChI=1S/C29H36N2O11S2/c1-19-13-30(14-20(2)41-19)43(35,36)26-9-5-7-23(11-26)28(33)39-17-25(32)18-40-29(34)24-8-6-10-27(12-24)44(37,38)31-15-21(3)42-22(4)16-31/h5-12,19-22H,13-18H2,1-4H3/t19-,20-,21-,22+/m1/s1. The number of benzene rings is 2. The van der Waals surface area contributed by atoms with E-state index in [2.05, 4.69) is 0 Å². The predicted molar refractivity (Wildman–Crippen MR) is 156 cm³/mol. The van der Waals surface area contributed by atoms with Gasteiger partial charge in [-0.2, -0.15) is 8.61 Å². The molecule has 0 N–H and O–H groups in total. The van der Waals surface area contributed by atoms with Crippen molar-refractivity contribution in [3.63, 3.8) is 0 Å². The van der Waals surface area contributed by atoms with Crippen molar-refractivity contribution in [2.24, 2.45) is 0 Å². The van der Waals surface area contributed by atoms with Crippen LogP contribution in [-0.2, 0) is 43.8 Å². The molecule has 0 unspecified atom stereocenters. The van der Waals surface area contributed by atoms with E-state index in [0.29, 0.717) is 0 Å². The number of carbonyl (C=O) groups excluding carboxylic acids is 3. The highest BCUT2D eigenvalue weighted by Crippen LogP contribution is 2.24. The minimum Gasteiger partial charge on any atom is -0.454 e. The molecule has 0 aromatic heterocycles. The van der Waals surface area contributed by atoms with Gasteiger partial charge in [-0.3, -0.25) is 4.79 Å². The zero-order valence-corrected chi connectivity index (χ0v) is 26.5. The molecule has 0 aliphatic carbocycles. The first kappa shape index (κ1) is 33.7. The van der Waals surface area contributed by atoms with Gasteiger partial charge in [0.15, 0.2) is 13.2 Å². The molecule has 15 heteroatoms. The number of morpholine rings is 2. The number of sulfonamides is 2. The normalized spacial score (nSPS) is 23.5. The number of hydrogen-bond donors (Lipinski definition) is 0. The molecule has 0 saturated carbocycles. The second-order valence-corrected chi connectivity index (χ2v) is 14.8. The smallest absolute Gasteiger partial charge is 0.338 e. The Bertz CT molecular complexity index is 1470. The highest BCUT2D eigenvalue weighted by molar-refractivity contribution is 7.89. The molecule has 0 spiro atoms. The number of nitrogens with zero attached hydrogens (tertiary/aromatic N) is 2. The van der Waals surface area contributed by atoms with Crippen molar-refractivity contribution in [2.45, 2.75) is 61.9 Å². The van der Waals surface area contributed by atoms with Crippen molar-refractivity contribution in [2.75, 3.05) is 39.4 Å². The Kier molecular flexibility index (Phi) is 10.6. The fourth-order valence-electron chi connectivity index (χ4n) is 5.02. The Morgan fingerprint density at radius 3 is 1.34 bits per heavy atom. The van der Waals surface area contributed by atoms with Gasteiger partial charge in [-0.15, -0.1) is 0 Å². The van der Waals surface area contributed by atoms with Crippen LogP contribution in [-0.4, -0.2) is 107 Å². The summed E-state index contributed by atoms with van der Waals surface area (Å²) in [6.45, 7) is 6.30. The summed E-state index contributed by atoms with van der Waals surface area (Å²) in [5.41, 5.74) is -0.153. The number of hydrogen-bond acceptors (Lipinski definition) is 11. The van der Waals surface area contributed by atoms with Crippen LogP contribution in [0.15, 0.2) is 58.3 Å². The maximum Gasteiger partial charge on any atom is 0.338 e.